The van der Waals surface area contributed by atoms with Crippen LogP contribution in [0.5, 0.6) is 0 Å². The van der Waals surface area contributed by atoms with Gasteiger partial charge in [0.2, 0.25) is 5.91 Å². The van der Waals surface area contributed by atoms with Crippen molar-refractivity contribution < 1.29 is 14.6 Å². The van der Waals surface area contributed by atoms with Gasteiger partial charge in [0.05, 0.1) is 18.2 Å². The summed E-state index contributed by atoms with van der Waals surface area (Å²) in [5.41, 5.74) is 0. The number of amides is 1. The Morgan fingerprint density at radius 1 is 1.24 bits per heavy atom. The minimum atomic E-state index is -0.351. The van der Waals surface area contributed by atoms with E-state index in [0.29, 0.717) is 6.42 Å². The third-order valence-electron chi connectivity index (χ3n) is 3.79. The number of aliphatic hydroxyl groups excluding tert-OH is 1. The Morgan fingerprint density at radius 2 is 2.06 bits per heavy atom. The summed E-state index contributed by atoms with van der Waals surface area (Å²) in [5.74, 6) is 0.0615. The second-order valence-electron chi connectivity index (χ2n) is 5.20. The maximum atomic E-state index is 11.7. The van der Waals surface area contributed by atoms with Crippen molar-refractivity contribution in [1.29, 1.82) is 0 Å². The first-order valence-electron chi connectivity index (χ1n) is 6.85. The molecule has 2 aliphatic rings. The molecule has 0 aromatic carbocycles. The van der Waals surface area contributed by atoms with Gasteiger partial charge in [0.25, 0.3) is 0 Å². The first-order chi connectivity index (χ1) is 8.25. The highest BCUT2D eigenvalue weighted by atomic mass is 16.5. The fraction of sp³-hybridized carbons (Fsp3) is 0.923. The molecule has 2 rings (SSSR count). The number of hydrogen-bond acceptors (Lipinski definition) is 3. The van der Waals surface area contributed by atoms with E-state index in [4.69, 9.17) is 4.74 Å². The van der Waals surface area contributed by atoms with Gasteiger partial charge in [-0.25, -0.2) is 0 Å². The molecule has 17 heavy (non-hydrogen) atoms. The standard InChI is InChI=1S/C13H23NO3/c15-12-6-2-1-5-11(12)14-13(16)8-7-10-4-3-9-17-10/h10-12,15H,1-9H2,(H,14,16)/t10?,11-,12-/m0/s1. The van der Waals surface area contributed by atoms with Crippen molar-refractivity contribution in [3.05, 3.63) is 0 Å². The molecular formula is C13H23NO3. The zero-order chi connectivity index (χ0) is 12.1. The van der Waals surface area contributed by atoms with Crippen molar-refractivity contribution in [3.8, 4) is 0 Å². The van der Waals surface area contributed by atoms with Gasteiger partial charge in [0, 0.05) is 13.0 Å². The number of nitrogens with one attached hydrogen (secondary N) is 1. The predicted molar refractivity (Wildman–Crippen MR) is 64.6 cm³/mol. The Balaban J connectivity index is 1.65. The highest BCUT2D eigenvalue weighted by molar-refractivity contribution is 5.76. The van der Waals surface area contributed by atoms with Crippen molar-refractivity contribution in [2.75, 3.05) is 6.61 Å². The van der Waals surface area contributed by atoms with Gasteiger partial charge in [-0.1, -0.05) is 12.8 Å². The summed E-state index contributed by atoms with van der Waals surface area (Å²) < 4.78 is 5.49. The lowest BCUT2D eigenvalue weighted by Crippen LogP contribution is -2.45. The summed E-state index contributed by atoms with van der Waals surface area (Å²) in [7, 11) is 0. The number of carbonyl (C=O) groups is 1. The van der Waals surface area contributed by atoms with Gasteiger partial charge >= 0.3 is 0 Å². The molecule has 4 nitrogen and oxygen atoms in total. The molecule has 0 radical (unpaired) electrons. The highest BCUT2D eigenvalue weighted by Gasteiger charge is 2.25. The van der Waals surface area contributed by atoms with E-state index in [1.807, 2.05) is 0 Å². The van der Waals surface area contributed by atoms with E-state index >= 15 is 0 Å². The first-order valence-corrected chi connectivity index (χ1v) is 6.85. The lowest BCUT2D eigenvalue weighted by Gasteiger charge is -2.28. The molecule has 4 heteroatoms. The number of hydrogen-bond donors (Lipinski definition) is 2. The molecule has 0 aromatic heterocycles. The van der Waals surface area contributed by atoms with Gasteiger partial charge in [0.15, 0.2) is 0 Å². The normalized spacial score (nSPS) is 33.6. The van der Waals surface area contributed by atoms with Crippen LogP contribution >= 0.6 is 0 Å². The van der Waals surface area contributed by atoms with Crippen LogP contribution in [-0.4, -0.2) is 35.9 Å². The molecule has 1 amide bonds. The zero-order valence-electron chi connectivity index (χ0n) is 10.4. The van der Waals surface area contributed by atoms with Crippen molar-refractivity contribution in [1.82, 2.24) is 5.32 Å². The minimum absolute atomic E-state index is 0.0271. The van der Waals surface area contributed by atoms with E-state index in [2.05, 4.69) is 5.32 Å². The van der Waals surface area contributed by atoms with Gasteiger partial charge in [-0.15, -0.1) is 0 Å². The molecule has 1 aliphatic heterocycles. The Bertz CT molecular complexity index is 251. The molecule has 3 atom stereocenters. The van der Waals surface area contributed by atoms with Crippen LogP contribution in [0.1, 0.15) is 51.4 Å². The third-order valence-corrected chi connectivity index (χ3v) is 3.79. The fourth-order valence-electron chi connectivity index (χ4n) is 2.72. The average Bonchev–Trinajstić information content (AvgIpc) is 2.82. The Hall–Kier alpha value is -0.610. The summed E-state index contributed by atoms with van der Waals surface area (Å²) in [4.78, 5) is 11.7. The van der Waals surface area contributed by atoms with Crippen molar-refractivity contribution in [2.24, 2.45) is 0 Å². The molecule has 1 saturated heterocycles. The topological polar surface area (TPSA) is 58.6 Å². The van der Waals surface area contributed by atoms with E-state index < -0.39 is 0 Å². The number of ether oxygens (including phenoxy) is 1. The molecule has 1 aliphatic carbocycles. The van der Waals surface area contributed by atoms with E-state index in [1.165, 1.54) is 0 Å². The van der Waals surface area contributed by atoms with E-state index in [0.717, 1.165) is 51.6 Å². The van der Waals surface area contributed by atoms with Crippen LogP contribution < -0.4 is 5.32 Å². The molecule has 0 bridgehead atoms. The number of rotatable bonds is 4. The van der Waals surface area contributed by atoms with Gasteiger partial charge in [-0.05, 0) is 32.1 Å². The average molecular weight is 241 g/mol. The maximum absolute atomic E-state index is 11.7. The molecule has 0 aromatic rings. The zero-order valence-corrected chi connectivity index (χ0v) is 10.4. The maximum Gasteiger partial charge on any atom is 0.220 e. The largest absolute Gasteiger partial charge is 0.391 e. The van der Waals surface area contributed by atoms with E-state index in [-0.39, 0.29) is 24.2 Å². The van der Waals surface area contributed by atoms with E-state index in [1.54, 1.807) is 0 Å². The van der Waals surface area contributed by atoms with Crippen LogP contribution in [-0.2, 0) is 9.53 Å². The lowest BCUT2D eigenvalue weighted by atomic mass is 9.92. The molecule has 2 N–H and O–H groups in total. The van der Waals surface area contributed by atoms with Gasteiger partial charge < -0.3 is 15.2 Å². The summed E-state index contributed by atoms with van der Waals surface area (Å²) >= 11 is 0. The van der Waals surface area contributed by atoms with E-state index in [9.17, 15) is 9.90 Å². The monoisotopic (exact) mass is 241 g/mol. The van der Waals surface area contributed by atoms with Crippen molar-refractivity contribution in [2.45, 2.75) is 69.6 Å². The van der Waals surface area contributed by atoms with Gasteiger partial charge in [-0.3, -0.25) is 4.79 Å². The lowest BCUT2D eigenvalue weighted by molar-refractivity contribution is -0.123. The highest BCUT2D eigenvalue weighted by Crippen LogP contribution is 2.19. The van der Waals surface area contributed by atoms with Crippen LogP contribution in [0.3, 0.4) is 0 Å². The second kappa shape index (κ2) is 6.36. The quantitative estimate of drug-likeness (QED) is 0.781. The smallest absolute Gasteiger partial charge is 0.220 e. The molecule has 1 heterocycles. The number of carbonyl (C=O) groups excluding carboxylic acids is 1. The number of aliphatic hydroxyl groups is 1. The molecule has 2 fully saturated rings. The second-order valence-corrected chi connectivity index (χ2v) is 5.20. The summed E-state index contributed by atoms with van der Waals surface area (Å²) in [5, 5.41) is 12.7. The van der Waals surface area contributed by atoms with Crippen molar-refractivity contribution in [3.63, 3.8) is 0 Å². The third kappa shape index (κ3) is 3.96. The Labute approximate surface area is 103 Å². The van der Waals surface area contributed by atoms with Crippen LogP contribution in [0.15, 0.2) is 0 Å². The van der Waals surface area contributed by atoms with Crippen LogP contribution in [0.4, 0.5) is 0 Å². The van der Waals surface area contributed by atoms with Crippen molar-refractivity contribution >= 4 is 5.91 Å². The fourth-order valence-corrected chi connectivity index (χ4v) is 2.72. The van der Waals surface area contributed by atoms with Gasteiger partial charge in [0.1, 0.15) is 0 Å². The van der Waals surface area contributed by atoms with Crippen LogP contribution in [0, 0.1) is 0 Å². The Morgan fingerprint density at radius 3 is 2.76 bits per heavy atom. The SMILES string of the molecule is O=C(CCC1CCCO1)N[C@H]1CCCC[C@@H]1O. The van der Waals surface area contributed by atoms with Gasteiger partial charge in [-0.2, -0.15) is 0 Å². The van der Waals surface area contributed by atoms with Crippen LogP contribution in [0.2, 0.25) is 0 Å². The predicted octanol–water partition coefficient (Wildman–Crippen LogP) is 1.37. The molecule has 1 unspecified atom stereocenters. The molecule has 0 spiro atoms. The summed E-state index contributed by atoms with van der Waals surface area (Å²) in [6, 6.07) is -0.0271. The molecule has 98 valence electrons. The Kier molecular flexibility index (Phi) is 4.80. The first kappa shape index (κ1) is 12.8. The molecule has 1 saturated carbocycles. The summed E-state index contributed by atoms with van der Waals surface area (Å²) in [6.07, 6.45) is 7.36. The minimum Gasteiger partial charge on any atom is -0.391 e. The molecular weight excluding hydrogens is 218 g/mol. The van der Waals surface area contributed by atoms with Crippen LogP contribution in [0.25, 0.3) is 0 Å². The summed E-state index contributed by atoms with van der Waals surface area (Å²) in [6.45, 7) is 0.841.